The molecule has 0 aromatic heterocycles. The van der Waals surface area contributed by atoms with E-state index >= 15 is 0 Å². The zero-order valence-corrected chi connectivity index (χ0v) is 16.3. The van der Waals surface area contributed by atoms with Crippen LogP contribution in [0.15, 0.2) is 29.2 Å². The van der Waals surface area contributed by atoms with Crippen molar-refractivity contribution in [2.45, 2.75) is 89.4 Å². The Balaban J connectivity index is 2.23. The van der Waals surface area contributed by atoms with Crippen LogP contribution in [0.4, 0.5) is 0 Å². The highest BCUT2D eigenvalue weighted by Crippen LogP contribution is 2.13. The molecule has 0 bridgehead atoms. The maximum atomic E-state index is 12.3. The molecule has 1 rings (SSSR count). The molecule has 3 nitrogen and oxygen atoms in total. The lowest BCUT2D eigenvalue weighted by molar-refractivity contribution is 0.559. The average Bonchev–Trinajstić information content (AvgIpc) is 2.59. The first kappa shape index (κ1) is 21.2. The Morgan fingerprint density at radius 3 is 1.88 bits per heavy atom. The van der Waals surface area contributed by atoms with Gasteiger partial charge < -0.3 is 0 Å². The first-order chi connectivity index (χ1) is 11.6. The third-order valence-electron chi connectivity index (χ3n) is 4.38. The normalized spacial score (nSPS) is 11.8. The van der Waals surface area contributed by atoms with Crippen molar-refractivity contribution in [2.75, 3.05) is 6.54 Å². The summed E-state index contributed by atoms with van der Waals surface area (Å²) in [5.41, 5.74) is 1.21. The Labute approximate surface area is 149 Å². The molecule has 0 aliphatic carbocycles. The minimum absolute atomic E-state index is 0.377. The monoisotopic (exact) mass is 353 g/mol. The van der Waals surface area contributed by atoms with Gasteiger partial charge in [0.1, 0.15) is 0 Å². The molecule has 1 aromatic rings. The Hall–Kier alpha value is -0.870. The van der Waals surface area contributed by atoms with E-state index in [1.54, 1.807) is 12.1 Å². The van der Waals surface area contributed by atoms with E-state index in [0.29, 0.717) is 11.4 Å². The van der Waals surface area contributed by atoms with E-state index in [1.807, 2.05) is 12.1 Å². The predicted molar refractivity (Wildman–Crippen MR) is 103 cm³/mol. The van der Waals surface area contributed by atoms with Gasteiger partial charge in [0.05, 0.1) is 4.90 Å². The Kier molecular flexibility index (Phi) is 11.0. The smallest absolute Gasteiger partial charge is 0.211 e. The van der Waals surface area contributed by atoms with Gasteiger partial charge >= 0.3 is 0 Å². The van der Waals surface area contributed by atoms with E-state index in [9.17, 15) is 8.42 Å². The summed E-state index contributed by atoms with van der Waals surface area (Å²) in [6, 6.07) is 7.31. The molecular weight excluding hydrogens is 318 g/mol. The highest BCUT2D eigenvalue weighted by atomic mass is 32.2. The standard InChI is InChI=1S/C20H35NO2S/c1-3-5-7-8-9-10-11-12-18-21-24(22,23)20-16-14-19(15-17-20)13-6-4-2/h14-17,21H,3-13,18H2,1-2H3. The summed E-state index contributed by atoms with van der Waals surface area (Å²) < 4.78 is 27.2. The molecule has 138 valence electrons. The van der Waals surface area contributed by atoms with Crippen LogP contribution < -0.4 is 4.72 Å². The molecule has 0 radical (unpaired) electrons. The quantitative estimate of drug-likeness (QED) is 0.452. The molecule has 0 saturated carbocycles. The van der Waals surface area contributed by atoms with Crippen LogP contribution in [0.25, 0.3) is 0 Å². The van der Waals surface area contributed by atoms with Gasteiger partial charge in [-0.25, -0.2) is 13.1 Å². The Morgan fingerprint density at radius 2 is 1.29 bits per heavy atom. The molecule has 0 atom stereocenters. The van der Waals surface area contributed by atoms with Gasteiger partial charge in [0.25, 0.3) is 0 Å². The number of nitrogens with one attached hydrogen (secondary N) is 1. The fraction of sp³-hybridized carbons (Fsp3) is 0.700. The van der Waals surface area contributed by atoms with Crippen LogP contribution in [0.5, 0.6) is 0 Å². The van der Waals surface area contributed by atoms with Gasteiger partial charge in [-0.05, 0) is 37.0 Å². The number of sulfonamides is 1. The highest BCUT2D eigenvalue weighted by Gasteiger charge is 2.12. The van der Waals surface area contributed by atoms with Crippen LogP contribution in [-0.4, -0.2) is 15.0 Å². The second-order valence-electron chi connectivity index (χ2n) is 6.62. The number of hydrogen-bond donors (Lipinski definition) is 1. The lowest BCUT2D eigenvalue weighted by atomic mass is 10.1. The predicted octanol–water partition coefficient (Wildman–Crippen LogP) is 5.45. The summed E-state index contributed by atoms with van der Waals surface area (Å²) in [5, 5.41) is 0. The minimum Gasteiger partial charge on any atom is -0.211 e. The van der Waals surface area contributed by atoms with E-state index in [-0.39, 0.29) is 0 Å². The van der Waals surface area contributed by atoms with Crippen molar-refractivity contribution < 1.29 is 8.42 Å². The summed E-state index contributed by atoms with van der Waals surface area (Å²) in [6.07, 6.45) is 13.1. The Bertz CT molecular complexity index is 523. The first-order valence-electron chi connectivity index (χ1n) is 9.68. The lowest BCUT2D eigenvalue weighted by Crippen LogP contribution is -2.24. The molecule has 4 heteroatoms. The molecule has 0 amide bonds. The van der Waals surface area contributed by atoms with Gasteiger partial charge in [0.2, 0.25) is 10.0 Å². The summed E-state index contributed by atoms with van der Waals surface area (Å²) in [7, 11) is -3.35. The largest absolute Gasteiger partial charge is 0.240 e. The van der Waals surface area contributed by atoms with Gasteiger partial charge in [-0.1, -0.05) is 77.3 Å². The van der Waals surface area contributed by atoms with Crippen molar-refractivity contribution in [3.63, 3.8) is 0 Å². The second kappa shape index (κ2) is 12.5. The second-order valence-corrected chi connectivity index (χ2v) is 8.39. The van der Waals surface area contributed by atoms with Crippen molar-refractivity contribution in [3.05, 3.63) is 29.8 Å². The number of unbranched alkanes of at least 4 members (excludes halogenated alkanes) is 8. The molecule has 0 heterocycles. The summed E-state index contributed by atoms with van der Waals surface area (Å²) in [6.45, 7) is 4.92. The Morgan fingerprint density at radius 1 is 0.750 bits per heavy atom. The molecule has 1 aromatic carbocycles. The highest BCUT2D eigenvalue weighted by molar-refractivity contribution is 7.89. The van der Waals surface area contributed by atoms with Gasteiger partial charge in [-0.2, -0.15) is 0 Å². The molecule has 0 saturated heterocycles. The maximum Gasteiger partial charge on any atom is 0.240 e. The van der Waals surface area contributed by atoms with E-state index in [4.69, 9.17) is 0 Å². The summed E-state index contributed by atoms with van der Waals surface area (Å²) in [4.78, 5) is 0.377. The summed E-state index contributed by atoms with van der Waals surface area (Å²) in [5.74, 6) is 0. The first-order valence-corrected chi connectivity index (χ1v) is 11.2. The number of aryl methyl sites for hydroxylation is 1. The zero-order chi connectivity index (χ0) is 17.7. The minimum atomic E-state index is -3.35. The molecular formula is C20H35NO2S. The van der Waals surface area contributed by atoms with Crippen molar-refractivity contribution in [1.29, 1.82) is 0 Å². The van der Waals surface area contributed by atoms with E-state index in [1.165, 1.54) is 44.1 Å². The maximum absolute atomic E-state index is 12.3. The van der Waals surface area contributed by atoms with Crippen LogP contribution in [0, 0.1) is 0 Å². The fourth-order valence-electron chi connectivity index (χ4n) is 2.76. The molecule has 1 N–H and O–H groups in total. The van der Waals surface area contributed by atoms with Crippen LogP contribution >= 0.6 is 0 Å². The lowest BCUT2D eigenvalue weighted by Gasteiger charge is -2.08. The van der Waals surface area contributed by atoms with Gasteiger partial charge in [0.15, 0.2) is 0 Å². The van der Waals surface area contributed by atoms with Gasteiger partial charge in [-0.3, -0.25) is 0 Å². The van der Waals surface area contributed by atoms with Crippen molar-refractivity contribution in [2.24, 2.45) is 0 Å². The van der Waals surface area contributed by atoms with Crippen LogP contribution in [0.3, 0.4) is 0 Å². The third kappa shape index (κ3) is 8.84. The van der Waals surface area contributed by atoms with E-state index < -0.39 is 10.0 Å². The molecule has 0 fully saturated rings. The average molecular weight is 354 g/mol. The topological polar surface area (TPSA) is 46.2 Å². The van der Waals surface area contributed by atoms with Crippen molar-refractivity contribution >= 4 is 10.0 Å². The van der Waals surface area contributed by atoms with Crippen molar-refractivity contribution in [1.82, 2.24) is 4.72 Å². The molecule has 0 spiro atoms. The third-order valence-corrected chi connectivity index (χ3v) is 5.85. The van der Waals surface area contributed by atoms with Crippen molar-refractivity contribution in [3.8, 4) is 0 Å². The molecule has 24 heavy (non-hydrogen) atoms. The number of hydrogen-bond acceptors (Lipinski definition) is 2. The molecule has 0 aliphatic heterocycles. The molecule has 0 unspecified atom stereocenters. The zero-order valence-electron chi connectivity index (χ0n) is 15.5. The van der Waals surface area contributed by atoms with E-state index in [0.717, 1.165) is 32.1 Å². The van der Waals surface area contributed by atoms with E-state index in [2.05, 4.69) is 18.6 Å². The van der Waals surface area contributed by atoms with Crippen LogP contribution in [0.2, 0.25) is 0 Å². The fourth-order valence-corrected chi connectivity index (χ4v) is 3.84. The number of benzene rings is 1. The van der Waals surface area contributed by atoms with Gasteiger partial charge in [0, 0.05) is 6.54 Å². The summed E-state index contributed by atoms with van der Waals surface area (Å²) >= 11 is 0. The SMILES string of the molecule is CCCCCCCCCCNS(=O)(=O)c1ccc(CCCC)cc1. The molecule has 0 aliphatic rings. The van der Waals surface area contributed by atoms with Crippen LogP contribution in [0.1, 0.15) is 83.6 Å². The van der Waals surface area contributed by atoms with Crippen LogP contribution in [-0.2, 0) is 16.4 Å². The van der Waals surface area contributed by atoms with Gasteiger partial charge in [-0.15, -0.1) is 0 Å². The number of rotatable bonds is 14.